The van der Waals surface area contributed by atoms with E-state index in [9.17, 15) is 4.79 Å². The zero-order valence-electron chi connectivity index (χ0n) is 11.7. The summed E-state index contributed by atoms with van der Waals surface area (Å²) < 4.78 is 0. The van der Waals surface area contributed by atoms with Gasteiger partial charge in [0, 0.05) is 13.1 Å². The number of rotatable bonds is 2. The summed E-state index contributed by atoms with van der Waals surface area (Å²) in [5.41, 5.74) is 3.68. The Hall–Kier alpha value is -1.91. The van der Waals surface area contributed by atoms with E-state index in [4.69, 9.17) is 11.6 Å². The van der Waals surface area contributed by atoms with Gasteiger partial charge in [-0.1, -0.05) is 35.9 Å². The molecule has 3 rings (SSSR count). The van der Waals surface area contributed by atoms with Crippen molar-refractivity contribution >= 4 is 23.2 Å². The van der Waals surface area contributed by atoms with Crippen LogP contribution in [-0.4, -0.2) is 17.4 Å². The van der Waals surface area contributed by atoms with Gasteiger partial charge in [0.1, 0.15) is 5.15 Å². The SMILES string of the molecule is Cc1nc(Cl)ccc1NC(=O)C1CNCc2ccccc21. The van der Waals surface area contributed by atoms with Crippen molar-refractivity contribution in [3.8, 4) is 0 Å². The van der Waals surface area contributed by atoms with Gasteiger partial charge in [-0.25, -0.2) is 4.98 Å². The van der Waals surface area contributed by atoms with Crippen molar-refractivity contribution in [1.29, 1.82) is 0 Å². The number of carbonyl (C=O) groups excluding carboxylic acids is 1. The molecule has 0 radical (unpaired) electrons. The monoisotopic (exact) mass is 301 g/mol. The highest BCUT2D eigenvalue weighted by Gasteiger charge is 2.26. The number of hydrogen-bond acceptors (Lipinski definition) is 3. The Balaban J connectivity index is 1.83. The molecule has 0 bridgehead atoms. The lowest BCUT2D eigenvalue weighted by molar-refractivity contribution is -0.117. The number of fused-ring (bicyclic) bond motifs is 1. The van der Waals surface area contributed by atoms with Crippen LogP contribution < -0.4 is 10.6 Å². The Labute approximate surface area is 128 Å². The number of aromatic nitrogens is 1. The lowest BCUT2D eigenvalue weighted by Crippen LogP contribution is -2.35. The molecule has 1 aromatic heterocycles. The van der Waals surface area contributed by atoms with Gasteiger partial charge >= 0.3 is 0 Å². The Bertz CT molecular complexity index is 687. The molecule has 1 aliphatic heterocycles. The molecule has 2 N–H and O–H groups in total. The third-order valence-electron chi connectivity index (χ3n) is 3.72. The normalized spacial score (nSPS) is 17.1. The van der Waals surface area contributed by atoms with Gasteiger partial charge in [0.15, 0.2) is 0 Å². The topological polar surface area (TPSA) is 54.0 Å². The van der Waals surface area contributed by atoms with Crippen molar-refractivity contribution in [2.45, 2.75) is 19.4 Å². The Morgan fingerprint density at radius 1 is 1.33 bits per heavy atom. The maximum Gasteiger partial charge on any atom is 0.233 e. The standard InChI is InChI=1S/C16H16ClN3O/c1-10-14(6-7-15(17)19-10)20-16(21)13-9-18-8-11-4-2-3-5-12(11)13/h2-7,13,18H,8-9H2,1H3,(H,20,21). The first kappa shape index (κ1) is 14.0. The van der Waals surface area contributed by atoms with Crippen molar-refractivity contribution in [3.63, 3.8) is 0 Å². The van der Waals surface area contributed by atoms with E-state index in [2.05, 4.69) is 21.7 Å². The lowest BCUT2D eigenvalue weighted by Gasteiger charge is -2.25. The molecule has 1 atom stereocenters. The first-order valence-corrected chi connectivity index (χ1v) is 7.25. The molecule has 0 saturated heterocycles. The fourth-order valence-electron chi connectivity index (χ4n) is 2.61. The summed E-state index contributed by atoms with van der Waals surface area (Å²) in [6.45, 7) is 3.28. The second-order valence-corrected chi connectivity index (χ2v) is 5.53. The number of amides is 1. The molecule has 1 aliphatic rings. The second-order valence-electron chi connectivity index (χ2n) is 5.14. The minimum absolute atomic E-state index is 0.0260. The number of halogens is 1. The zero-order chi connectivity index (χ0) is 14.8. The maximum atomic E-state index is 12.6. The number of nitrogens with one attached hydrogen (secondary N) is 2. The second kappa shape index (κ2) is 5.84. The lowest BCUT2D eigenvalue weighted by atomic mass is 9.90. The van der Waals surface area contributed by atoms with Gasteiger partial charge in [-0.05, 0) is 30.2 Å². The van der Waals surface area contributed by atoms with Gasteiger partial charge in [-0.15, -0.1) is 0 Å². The minimum Gasteiger partial charge on any atom is -0.324 e. The van der Waals surface area contributed by atoms with Crippen LogP contribution in [0.5, 0.6) is 0 Å². The summed E-state index contributed by atoms with van der Waals surface area (Å²) >= 11 is 5.84. The molecule has 108 valence electrons. The average molecular weight is 302 g/mol. The highest BCUT2D eigenvalue weighted by atomic mass is 35.5. The molecule has 0 saturated carbocycles. The molecular weight excluding hydrogens is 286 g/mol. The van der Waals surface area contributed by atoms with Crippen molar-refractivity contribution in [2.24, 2.45) is 0 Å². The van der Waals surface area contributed by atoms with E-state index < -0.39 is 0 Å². The van der Waals surface area contributed by atoms with Crippen LogP contribution in [0.2, 0.25) is 5.15 Å². The predicted molar refractivity (Wildman–Crippen MR) is 83.5 cm³/mol. The number of benzene rings is 1. The first-order chi connectivity index (χ1) is 10.1. The van der Waals surface area contributed by atoms with Gasteiger partial charge < -0.3 is 10.6 Å². The quantitative estimate of drug-likeness (QED) is 0.839. The third kappa shape index (κ3) is 2.91. The maximum absolute atomic E-state index is 12.6. The average Bonchev–Trinajstić information content (AvgIpc) is 2.49. The van der Waals surface area contributed by atoms with E-state index in [-0.39, 0.29) is 11.8 Å². The molecule has 2 heterocycles. The molecule has 0 spiro atoms. The van der Waals surface area contributed by atoms with Crippen LogP contribution in [0, 0.1) is 6.92 Å². The Morgan fingerprint density at radius 3 is 2.95 bits per heavy atom. The fourth-order valence-corrected chi connectivity index (χ4v) is 2.80. The van der Waals surface area contributed by atoms with Crippen LogP contribution in [0.15, 0.2) is 36.4 Å². The fraction of sp³-hybridized carbons (Fsp3) is 0.250. The van der Waals surface area contributed by atoms with Crippen molar-refractivity contribution in [2.75, 3.05) is 11.9 Å². The van der Waals surface area contributed by atoms with E-state index in [0.717, 1.165) is 12.1 Å². The van der Waals surface area contributed by atoms with Crippen LogP contribution in [0.3, 0.4) is 0 Å². The highest BCUT2D eigenvalue weighted by Crippen LogP contribution is 2.26. The summed E-state index contributed by atoms with van der Waals surface area (Å²) in [4.78, 5) is 16.7. The molecule has 21 heavy (non-hydrogen) atoms. The molecule has 2 aromatic rings. The van der Waals surface area contributed by atoms with E-state index in [1.807, 2.05) is 25.1 Å². The molecular formula is C16H16ClN3O. The number of carbonyl (C=O) groups is 1. The summed E-state index contributed by atoms with van der Waals surface area (Å²) in [5.74, 6) is -0.216. The minimum atomic E-state index is -0.190. The Kier molecular flexibility index (Phi) is 3.90. The smallest absolute Gasteiger partial charge is 0.233 e. The van der Waals surface area contributed by atoms with E-state index >= 15 is 0 Å². The van der Waals surface area contributed by atoms with E-state index in [1.165, 1.54) is 5.56 Å². The van der Waals surface area contributed by atoms with Crippen LogP contribution in [0.4, 0.5) is 5.69 Å². The van der Waals surface area contributed by atoms with Crippen LogP contribution >= 0.6 is 11.6 Å². The molecule has 0 fully saturated rings. The number of hydrogen-bond donors (Lipinski definition) is 2. The summed E-state index contributed by atoms with van der Waals surface area (Å²) in [7, 11) is 0. The molecule has 4 nitrogen and oxygen atoms in total. The van der Waals surface area contributed by atoms with Crippen molar-refractivity contribution in [3.05, 3.63) is 58.4 Å². The predicted octanol–water partition coefficient (Wildman–Crippen LogP) is 2.87. The zero-order valence-corrected chi connectivity index (χ0v) is 12.4. The van der Waals surface area contributed by atoms with E-state index in [1.54, 1.807) is 12.1 Å². The largest absolute Gasteiger partial charge is 0.324 e. The summed E-state index contributed by atoms with van der Waals surface area (Å²) in [6.07, 6.45) is 0. The van der Waals surface area contributed by atoms with Crippen LogP contribution in [0.25, 0.3) is 0 Å². The molecule has 1 amide bonds. The molecule has 1 unspecified atom stereocenters. The number of aryl methyl sites for hydroxylation is 1. The van der Waals surface area contributed by atoms with Gasteiger partial charge in [0.05, 0.1) is 17.3 Å². The van der Waals surface area contributed by atoms with Gasteiger partial charge in [0.2, 0.25) is 5.91 Å². The van der Waals surface area contributed by atoms with Crippen LogP contribution in [0.1, 0.15) is 22.7 Å². The van der Waals surface area contributed by atoms with Gasteiger partial charge in [0.25, 0.3) is 0 Å². The Morgan fingerprint density at radius 2 is 2.14 bits per heavy atom. The highest BCUT2D eigenvalue weighted by molar-refractivity contribution is 6.29. The van der Waals surface area contributed by atoms with Crippen molar-refractivity contribution < 1.29 is 4.79 Å². The summed E-state index contributed by atoms with van der Waals surface area (Å²) in [5, 5.41) is 6.66. The number of pyridine rings is 1. The van der Waals surface area contributed by atoms with Gasteiger partial charge in [-0.2, -0.15) is 0 Å². The van der Waals surface area contributed by atoms with Gasteiger partial charge in [-0.3, -0.25) is 4.79 Å². The van der Waals surface area contributed by atoms with Crippen LogP contribution in [-0.2, 0) is 11.3 Å². The summed E-state index contributed by atoms with van der Waals surface area (Å²) in [6, 6.07) is 11.5. The van der Waals surface area contributed by atoms with Crippen molar-refractivity contribution in [1.82, 2.24) is 10.3 Å². The molecule has 5 heteroatoms. The number of nitrogens with zero attached hydrogens (tertiary/aromatic N) is 1. The number of anilines is 1. The first-order valence-electron chi connectivity index (χ1n) is 6.87. The van der Waals surface area contributed by atoms with E-state index in [0.29, 0.717) is 23.1 Å². The molecule has 1 aromatic carbocycles. The third-order valence-corrected chi connectivity index (χ3v) is 3.93. The molecule has 0 aliphatic carbocycles.